The van der Waals surface area contributed by atoms with Gasteiger partial charge in [-0.2, -0.15) is 0 Å². The summed E-state index contributed by atoms with van der Waals surface area (Å²) in [5, 5.41) is 0. The summed E-state index contributed by atoms with van der Waals surface area (Å²) in [5.41, 5.74) is 5.59. The van der Waals surface area contributed by atoms with Crippen LogP contribution in [0, 0.1) is 5.82 Å². The zero-order valence-electron chi connectivity index (χ0n) is 21.2. The van der Waals surface area contributed by atoms with Gasteiger partial charge in [0.15, 0.2) is 0 Å². The number of aromatic nitrogens is 2. The van der Waals surface area contributed by atoms with Crippen molar-refractivity contribution in [1.29, 1.82) is 0 Å². The zero-order chi connectivity index (χ0) is 24.7. The summed E-state index contributed by atoms with van der Waals surface area (Å²) in [6, 6.07) is 10.1. The molecule has 7 heteroatoms. The van der Waals surface area contributed by atoms with Gasteiger partial charge in [-0.3, -0.25) is 4.90 Å². The van der Waals surface area contributed by atoms with Gasteiger partial charge < -0.3 is 14.2 Å². The molecule has 1 fully saturated rings. The average molecular weight is 479 g/mol. The molecule has 0 radical (unpaired) electrons. The molecule has 1 aliphatic carbocycles. The molecular weight excluding hydrogens is 443 g/mol. The molecule has 2 heterocycles. The molecular formula is C28H35FN4O2. The third kappa shape index (κ3) is 4.26. The number of carbonyl (C=O) groups excluding carboxylic acids is 1. The summed E-state index contributed by atoms with van der Waals surface area (Å²) in [5.74, 6) is 0.758. The van der Waals surface area contributed by atoms with E-state index in [2.05, 4.69) is 23.6 Å². The lowest BCUT2D eigenvalue weighted by Gasteiger charge is -2.34. The lowest BCUT2D eigenvalue weighted by Crippen LogP contribution is -2.42. The summed E-state index contributed by atoms with van der Waals surface area (Å²) < 4.78 is 22.3. The highest BCUT2D eigenvalue weighted by atomic mass is 19.1. The fourth-order valence-corrected chi connectivity index (χ4v) is 5.90. The molecule has 1 aromatic heterocycles. The fraction of sp³-hybridized carbons (Fsp3) is 0.500. The molecule has 2 aromatic carbocycles. The van der Waals surface area contributed by atoms with Gasteiger partial charge in [0.2, 0.25) is 0 Å². The molecule has 0 bridgehead atoms. The van der Waals surface area contributed by atoms with Crippen molar-refractivity contribution in [2.45, 2.75) is 70.4 Å². The predicted molar refractivity (Wildman–Crippen MR) is 138 cm³/mol. The number of methoxy groups -OCH3 is 1. The highest BCUT2D eigenvalue weighted by Crippen LogP contribution is 2.39. The van der Waals surface area contributed by atoms with Gasteiger partial charge in [-0.1, -0.05) is 25.3 Å². The van der Waals surface area contributed by atoms with E-state index in [1.54, 1.807) is 15.9 Å². The monoisotopic (exact) mass is 478 g/mol. The Kier molecular flexibility index (Phi) is 6.43. The number of halogens is 1. The number of fused-ring (bicyclic) bond motifs is 3. The van der Waals surface area contributed by atoms with E-state index >= 15 is 0 Å². The number of hydrogen-bond acceptors (Lipinski definition) is 4. The summed E-state index contributed by atoms with van der Waals surface area (Å²) in [4.78, 5) is 21.3. The number of nitrogens with zero attached hydrogens (tertiary/aromatic N) is 4. The standard InChI is InChI=1S/C28H35FN4O2/c1-18-10-12-21-23(32(18)28(34)35-4)14-15-25-27(21)30-26(33(25)20-8-6-5-7-9-20)17-19-11-13-24(31(2)3)22(29)16-19/h11,13-16,18,20H,5-10,12,17H2,1-4H3/t18-/m0/s1. The first-order valence-corrected chi connectivity index (χ1v) is 12.7. The number of hydrogen-bond donors (Lipinski definition) is 0. The minimum Gasteiger partial charge on any atom is -0.452 e. The highest BCUT2D eigenvalue weighted by Gasteiger charge is 2.32. The van der Waals surface area contributed by atoms with E-state index in [-0.39, 0.29) is 18.0 Å². The molecule has 0 spiro atoms. The second-order valence-electron chi connectivity index (χ2n) is 10.2. The Hall–Kier alpha value is -3.09. The van der Waals surface area contributed by atoms with Crippen molar-refractivity contribution in [2.24, 2.45) is 0 Å². The van der Waals surface area contributed by atoms with E-state index in [1.807, 2.05) is 26.2 Å². The molecule has 186 valence electrons. The van der Waals surface area contributed by atoms with Gasteiger partial charge in [-0.05, 0) is 62.4 Å². The number of imidazole rings is 1. The Morgan fingerprint density at radius 3 is 2.60 bits per heavy atom. The fourth-order valence-electron chi connectivity index (χ4n) is 5.90. The largest absolute Gasteiger partial charge is 0.452 e. The zero-order valence-corrected chi connectivity index (χ0v) is 21.2. The SMILES string of the molecule is COC(=O)N1c2ccc3c(nc(Cc4ccc(N(C)C)c(F)c4)n3C3CCCCC3)c2CC[C@@H]1C. The normalized spacial score (nSPS) is 18.5. The Morgan fingerprint density at radius 2 is 1.91 bits per heavy atom. The molecule has 35 heavy (non-hydrogen) atoms. The number of aryl methyl sites for hydroxylation is 1. The first-order chi connectivity index (χ1) is 16.9. The van der Waals surface area contributed by atoms with Gasteiger partial charge in [0.05, 0.1) is 29.5 Å². The van der Waals surface area contributed by atoms with Crippen molar-refractivity contribution in [3.05, 3.63) is 53.1 Å². The number of rotatable bonds is 4. The summed E-state index contributed by atoms with van der Waals surface area (Å²) >= 11 is 0. The van der Waals surface area contributed by atoms with Gasteiger partial charge in [0, 0.05) is 38.2 Å². The first kappa shape index (κ1) is 23.6. The number of benzene rings is 2. The molecule has 2 aliphatic rings. The van der Waals surface area contributed by atoms with E-state index in [0.717, 1.165) is 59.4 Å². The molecule has 1 atom stereocenters. The smallest absolute Gasteiger partial charge is 0.414 e. The van der Waals surface area contributed by atoms with E-state index in [9.17, 15) is 9.18 Å². The van der Waals surface area contributed by atoms with Gasteiger partial charge in [0.25, 0.3) is 0 Å². The molecule has 0 unspecified atom stereocenters. The maximum Gasteiger partial charge on any atom is 0.414 e. The van der Waals surface area contributed by atoms with Crippen LogP contribution >= 0.6 is 0 Å². The Morgan fingerprint density at radius 1 is 1.14 bits per heavy atom. The lowest BCUT2D eigenvalue weighted by atomic mass is 9.94. The third-order valence-corrected chi connectivity index (χ3v) is 7.69. The second kappa shape index (κ2) is 9.51. The minimum atomic E-state index is -0.332. The van der Waals surface area contributed by atoms with Crippen molar-refractivity contribution in [2.75, 3.05) is 31.0 Å². The number of amides is 1. The van der Waals surface area contributed by atoms with Gasteiger partial charge in [0.1, 0.15) is 11.6 Å². The molecule has 1 aliphatic heterocycles. The van der Waals surface area contributed by atoms with Crippen molar-refractivity contribution in [1.82, 2.24) is 9.55 Å². The molecule has 1 saturated carbocycles. The molecule has 5 rings (SSSR count). The van der Waals surface area contributed by atoms with Crippen LogP contribution in [0.4, 0.5) is 20.6 Å². The molecule has 0 N–H and O–H groups in total. The van der Waals surface area contributed by atoms with Crippen molar-refractivity contribution < 1.29 is 13.9 Å². The quantitative estimate of drug-likeness (QED) is 0.445. The Balaban J connectivity index is 1.63. The van der Waals surface area contributed by atoms with Crippen LogP contribution in [0.2, 0.25) is 0 Å². The van der Waals surface area contributed by atoms with Crippen LogP contribution in [0.3, 0.4) is 0 Å². The van der Waals surface area contributed by atoms with Crippen LogP contribution in [0.15, 0.2) is 30.3 Å². The maximum absolute atomic E-state index is 14.8. The van der Waals surface area contributed by atoms with E-state index in [4.69, 9.17) is 9.72 Å². The van der Waals surface area contributed by atoms with Crippen LogP contribution in [0.5, 0.6) is 0 Å². The number of ether oxygens (including phenoxy) is 1. The third-order valence-electron chi connectivity index (χ3n) is 7.69. The molecule has 1 amide bonds. The van der Waals surface area contributed by atoms with Crippen LogP contribution < -0.4 is 9.80 Å². The first-order valence-electron chi connectivity index (χ1n) is 12.7. The van der Waals surface area contributed by atoms with Gasteiger partial charge in [-0.15, -0.1) is 0 Å². The summed E-state index contributed by atoms with van der Waals surface area (Å²) in [6.07, 6.45) is 7.95. The van der Waals surface area contributed by atoms with Gasteiger partial charge in [-0.25, -0.2) is 14.2 Å². The van der Waals surface area contributed by atoms with Crippen molar-refractivity contribution in [3.8, 4) is 0 Å². The van der Waals surface area contributed by atoms with Crippen molar-refractivity contribution in [3.63, 3.8) is 0 Å². The number of anilines is 2. The van der Waals surface area contributed by atoms with E-state index in [1.165, 1.54) is 26.4 Å². The van der Waals surface area contributed by atoms with Crippen LogP contribution in [0.1, 0.15) is 68.4 Å². The summed E-state index contributed by atoms with van der Waals surface area (Å²) in [6.45, 7) is 2.06. The van der Waals surface area contributed by atoms with Crippen LogP contribution in [0.25, 0.3) is 11.0 Å². The number of carbonyl (C=O) groups is 1. The van der Waals surface area contributed by atoms with Crippen LogP contribution in [-0.2, 0) is 17.6 Å². The highest BCUT2D eigenvalue weighted by molar-refractivity contribution is 5.95. The Labute approximate surface area is 206 Å². The minimum absolute atomic E-state index is 0.0745. The van der Waals surface area contributed by atoms with Gasteiger partial charge >= 0.3 is 6.09 Å². The molecule has 0 saturated heterocycles. The summed E-state index contributed by atoms with van der Waals surface area (Å²) in [7, 11) is 5.13. The van der Waals surface area contributed by atoms with E-state index in [0.29, 0.717) is 18.2 Å². The second-order valence-corrected chi connectivity index (χ2v) is 10.2. The van der Waals surface area contributed by atoms with E-state index < -0.39 is 0 Å². The van der Waals surface area contributed by atoms with Crippen LogP contribution in [-0.4, -0.2) is 42.9 Å². The predicted octanol–water partition coefficient (Wildman–Crippen LogP) is 6.24. The Bertz CT molecular complexity index is 1250. The topological polar surface area (TPSA) is 50.6 Å². The average Bonchev–Trinajstić information content (AvgIpc) is 3.21. The lowest BCUT2D eigenvalue weighted by molar-refractivity contribution is 0.175. The maximum atomic E-state index is 14.8. The molecule has 6 nitrogen and oxygen atoms in total. The molecule has 3 aromatic rings. The van der Waals surface area contributed by atoms with Crippen molar-refractivity contribution >= 4 is 28.5 Å².